The van der Waals surface area contributed by atoms with E-state index < -0.39 is 5.97 Å². The summed E-state index contributed by atoms with van der Waals surface area (Å²) in [5.41, 5.74) is 5.13. The monoisotopic (exact) mass is 432 g/mol. The van der Waals surface area contributed by atoms with Gasteiger partial charge in [0.2, 0.25) is 6.41 Å². The molecule has 1 heterocycles. The van der Waals surface area contributed by atoms with E-state index in [1.165, 1.54) is 12.3 Å². The Labute approximate surface area is 192 Å². The predicted molar refractivity (Wildman–Crippen MR) is 128 cm³/mol. The highest BCUT2D eigenvalue weighted by Gasteiger charge is 2.11. The van der Waals surface area contributed by atoms with Gasteiger partial charge < -0.3 is 10.0 Å². The molecule has 0 spiro atoms. The van der Waals surface area contributed by atoms with Gasteiger partial charge in [0, 0.05) is 17.3 Å². The molecule has 4 rings (SSSR count). The highest BCUT2D eigenvalue weighted by atomic mass is 16.4. The fourth-order valence-electron chi connectivity index (χ4n) is 3.42. The van der Waals surface area contributed by atoms with E-state index >= 15 is 0 Å². The van der Waals surface area contributed by atoms with Gasteiger partial charge in [0.05, 0.1) is 12.2 Å². The van der Waals surface area contributed by atoms with Gasteiger partial charge in [-0.3, -0.25) is 4.79 Å². The summed E-state index contributed by atoms with van der Waals surface area (Å²) in [6, 6.07) is 28.6. The Hall–Kier alpha value is -4.69. The van der Waals surface area contributed by atoms with Crippen LogP contribution in [-0.2, 0) is 11.3 Å². The number of nitrogens with zero attached hydrogens (tertiary/aromatic N) is 2. The lowest BCUT2D eigenvalue weighted by Gasteiger charge is -2.19. The van der Waals surface area contributed by atoms with Crippen molar-refractivity contribution < 1.29 is 14.7 Å². The zero-order chi connectivity index (χ0) is 23.0. The van der Waals surface area contributed by atoms with Crippen molar-refractivity contribution in [3.8, 4) is 23.0 Å². The van der Waals surface area contributed by atoms with Gasteiger partial charge in [0.15, 0.2) is 0 Å². The number of carbonyl (C=O) groups is 2. The lowest BCUT2D eigenvalue weighted by molar-refractivity contribution is -0.107. The molecule has 3 aromatic carbocycles. The average Bonchev–Trinajstić information content (AvgIpc) is 2.87. The topological polar surface area (TPSA) is 70.5 Å². The number of carbonyl (C=O) groups excluding carboxylic acids is 1. The molecular weight excluding hydrogens is 412 g/mol. The number of aromatic nitrogens is 1. The second kappa shape index (κ2) is 10.1. The zero-order valence-electron chi connectivity index (χ0n) is 17.7. The van der Waals surface area contributed by atoms with Crippen LogP contribution in [0.5, 0.6) is 0 Å². The summed E-state index contributed by atoms with van der Waals surface area (Å²) in [4.78, 5) is 28.5. The fourth-order valence-corrected chi connectivity index (χ4v) is 3.42. The highest BCUT2D eigenvalue weighted by molar-refractivity contribution is 5.85. The number of hydrogen-bond donors (Lipinski definition) is 1. The maximum Gasteiger partial charge on any atom is 0.354 e. The van der Waals surface area contributed by atoms with E-state index in [4.69, 9.17) is 5.11 Å². The molecule has 5 nitrogen and oxygen atoms in total. The van der Waals surface area contributed by atoms with Crippen molar-refractivity contribution in [3.63, 3.8) is 0 Å². The van der Waals surface area contributed by atoms with Crippen LogP contribution in [0.1, 0.15) is 27.2 Å². The minimum absolute atomic E-state index is 0.0363. The number of carboxylic acids is 1. The van der Waals surface area contributed by atoms with E-state index in [1.54, 1.807) is 11.0 Å². The standard InChI is InChI=1S/C28H20N2O3/c31-20-30(19-22-7-6-11-25(17-22)23-8-2-1-3-9-23)27-12-5-4-10-24(27)15-13-21-14-16-26(28(32)33)29-18-21/h1-12,14,16-18,20H,19H2,(H,32,33). The molecule has 0 bridgehead atoms. The number of aromatic carboxylic acids is 1. The molecule has 0 atom stereocenters. The van der Waals surface area contributed by atoms with Gasteiger partial charge in [0.1, 0.15) is 5.69 Å². The maximum atomic E-state index is 12.0. The van der Waals surface area contributed by atoms with Crippen LogP contribution in [0, 0.1) is 11.8 Å². The minimum atomic E-state index is -1.09. The van der Waals surface area contributed by atoms with E-state index in [-0.39, 0.29) is 5.69 Å². The van der Waals surface area contributed by atoms with Crippen molar-refractivity contribution in [1.29, 1.82) is 0 Å². The summed E-state index contributed by atoms with van der Waals surface area (Å²) in [7, 11) is 0. The SMILES string of the molecule is O=CN(Cc1cccc(-c2ccccc2)c1)c1ccccc1C#Cc1ccc(C(=O)O)nc1. The Bertz CT molecular complexity index is 1340. The van der Waals surface area contributed by atoms with Gasteiger partial charge in [-0.1, -0.05) is 72.5 Å². The molecular formula is C28H20N2O3. The number of amides is 1. The van der Waals surface area contributed by atoms with E-state index in [1.807, 2.05) is 60.7 Å². The van der Waals surface area contributed by atoms with Gasteiger partial charge in [-0.25, -0.2) is 9.78 Å². The smallest absolute Gasteiger partial charge is 0.354 e. The molecule has 0 fully saturated rings. The lowest BCUT2D eigenvalue weighted by atomic mass is 10.0. The van der Waals surface area contributed by atoms with E-state index in [2.05, 4.69) is 35.0 Å². The van der Waals surface area contributed by atoms with Crippen LogP contribution >= 0.6 is 0 Å². The van der Waals surface area contributed by atoms with Crippen LogP contribution < -0.4 is 4.90 Å². The van der Waals surface area contributed by atoms with Gasteiger partial charge in [-0.2, -0.15) is 0 Å². The quantitative estimate of drug-likeness (QED) is 0.343. The van der Waals surface area contributed by atoms with Crippen LogP contribution in [0.2, 0.25) is 0 Å². The molecule has 33 heavy (non-hydrogen) atoms. The third kappa shape index (κ3) is 5.33. The van der Waals surface area contributed by atoms with E-state index in [0.29, 0.717) is 23.4 Å². The van der Waals surface area contributed by atoms with E-state index in [0.717, 1.165) is 23.1 Å². The average molecular weight is 432 g/mol. The van der Waals surface area contributed by atoms with Crippen molar-refractivity contribution >= 4 is 18.1 Å². The van der Waals surface area contributed by atoms with Crippen LogP contribution in [0.25, 0.3) is 11.1 Å². The number of para-hydroxylation sites is 1. The molecule has 0 saturated carbocycles. The zero-order valence-corrected chi connectivity index (χ0v) is 17.7. The molecule has 0 aliphatic heterocycles. The molecule has 0 unspecified atom stereocenters. The van der Waals surface area contributed by atoms with Gasteiger partial charge in [-0.05, 0) is 47.0 Å². The van der Waals surface area contributed by atoms with Gasteiger partial charge >= 0.3 is 5.97 Å². The summed E-state index contributed by atoms with van der Waals surface area (Å²) in [6.45, 7) is 0.401. The normalized spacial score (nSPS) is 10.1. The van der Waals surface area contributed by atoms with Crippen molar-refractivity contribution in [2.45, 2.75) is 6.54 Å². The number of hydrogen-bond acceptors (Lipinski definition) is 3. The Morgan fingerprint density at radius 3 is 2.36 bits per heavy atom. The second-order valence-corrected chi connectivity index (χ2v) is 7.30. The Kier molecular flexibility index (Phi) is 6.58. The summed E-state index contributed by atoms with van der Waals surface area (Å²) >= 11 is 0. The largest absolute Gasteiger partial charge is 0.477 e. The van der Waals surface area contributed by atoms with Crippen molar-refractivity contribution in [1.82, 2.24) is 4.98 Å². The number of benzene rings is 3. The summed E-state index contributed by atoms with van der Waals surface area (Å²) in [5, 5.41) is 8.97. The Balaban J connectivity index is 1.59. The van der Waals surface area contributed by atoms with Gasteiger partial charge in [-0.15, -0.1) is 0 Å². The molecule has 1 N–H and O–H groups in total. The van der Waals surface area contributed by atoms with Crippen LogP contribution in [0.3, 0.4) is 0 Å². The molecule has 4 aromatic rings. The molecule has 5 heteroatoms. The summed E-state index contributed by atoms with van der Waals surface area (Å²) < 4.78 is 0. The third-order valence-electron chi connectivity index (χ3n) is 5.05. The van der Waals surface area contributed by atoms with Crippen molar-refractivity contribution in [2.75, 3.05) is 4.90 Å². The Morgan fingerprint density at radius 2 is 1.64 bits per heavy atom. The molecule has 0 aliphatic rings. The highest BCUT2D eigenvalue weighted by Crippen LogP contribution is 2.24. The van der Waals surface area contributed by atoms with Crippen molar-refractivity contribution in [3.05, 3.63) is 120 Å². The first-order chi connectivity index (χ1) is 16.1. The molecule has 1 aromatic heterocycles. The molecule has 160 valence electrons. The van der Waals surface area contributed by atoms with Crippen LogP contribution in [0.4, 0.5) is 5.69 Å². The lowest BCUT2D eigenvalue weighted by Crippen LogP contribution is -2.21. The summed E-state index contributed by atoms with van der Waals surface area (Å²) in [6.07, 6.45) is 2.23. The summed E-state index contributed by atoms with van der Waals surface area (Å²) in [5.74, 6) is 4.99. The molecule has 0 saturated heterocycles. The number of anilines is 1. The maximum absolute atomic E-state index is 12.0. The Morgan fingerprint density at radius 1 is 0.879 bits per heavy atom. The van der Waals surface area contributed by atoms with E-state index in [9.17, 15) is 9.59 Å². The van der Waals surface area contributed by atoms with Gasteiger partial charge in [0.25, 0.3) is 0 Å². The molecule has 0 radical (unpaired) electrons. The second-order valence-electron chi connectivity index (χ2n) is 7.30. The number of rotatable bonds is 6. The number of carboxylic acid groups (broad SMARTS) is 1. The first-order valence-electron chi connectivity index (χ1n) is 10.3. The van der Waals surface area contributed by atoms with Crippen LogP contribution in [-0.4, -0.2) is 22.5 Å². The third-order valence-corrected chi connectivity index (χ3v) is 5.05. The van der Waals surface area contributed by atoms with Crippen LogP contribution in [0.15, 0.2) is 97.2 Å². The van der Waals surface area contributed by atoms with Crippen molar-refractivity contribution in [2.24, 2.45) is 0 Å². The predicted octanol–water partition coefficient (Wildman–Crippen LogP) is 5.01. The molecule has 1 amide bonds. The first-order valence-corrected chi connectivity index (χ1v) is 10.3. The molecule has 0 aliphatic carbocycles. The fraction of sp³-hybridized carbons (Fsp3) is 0.0357. The minimum Gasteiger partial charge on any atom is -0.477 e. The first kappa shape index (κ1) is 21.5. The number of pyridine rings is 1.